The molecule has 0 radical (unpaired) electrons. The second-order valence-electron chi connectivity index (χ2n) is 3.73. The first-order valence-electron chi connectivity index (χ1n) is 5.44. The van der Waals surface area contributed by atoms with Gasteiger partial charge in [-0.25, -0.2) is 4.39 Å². The third-order valence-electron chi connectivity index (χ3n) is 2.50. The summed E-state index contributed by atoms with van der Waals surface area (Å²) in [6.45, 7) is 0. The van der Waals surface area contributed by atoms with Crippen LogP contribution in [0.5, 0.6) is 11.5 Å². The SMILES string of the molecule is NC(=O)c1ccccc1Oc1cccc(F)c1C=O. The van der Waals surface area contributed by atoms with Crippen molar-refractivity contribution >= 4 is 12.2 Å². The van der Waals surface area contributed by atoms with Crippen molar-refractivity contribution in [3.05, 3.63) is 59.4 Å². The number of nitrogens with two attached hydrogens (primary N) is 1. The molecule has 5 heteroatoms. The molecule has 1 amide bonds. The molecule has 19 heavy (non-hydrogen) atoms. The van der Waals surface area contributed by atoms with Gasteiger partial charge in [0.25, 0.3) is 5.91 Å². The van der Waals surface area contributed by atoms with E-state index in [0.29, 0.717) is 6.29 Å². The van der Waals surface area contributed by atoms with E-state index in [1.165, 1.54) is 24.3 Å². The number of para-hydroxylation sites is 1. The maximum absolute atomic E-state index is 13.4. The molecule has 2 aromatic carbocycles. The second kappa shape index (κ2) is 5.30. The lowest BCUT2D eigenvalue weighted by atomic mass is 10.1. The predicted molar refractivity (Wildman–Crippen MR) is 66.8 cm³/mol. The van der Waals surface area contributed by atoms with Crippen molar-refractivity contribution in [2.24, 2.45) is 5.73 Å². The summed E-state index contributed by atoms with van der Waals surface area (Å²) in [7, 11) is 0. The average molecular weight is 259 g/mol. The average Bonchev–Trinajstić information content (AvgIpc) is 2.39. The molecule has 2 rings (SSSR count). The second-order valence-corrected chi connectivity index (χ2v) is 3.73. The summed E-state index contributed by atoms with van der Waals surface area (Å²) in [5, 5.41) is 0. The van der Waals surface area contributed by atoms with E-state index < -0.39 is 11.7 Å². The summed E-state index contributed by atoms with van der Waals surface area (Å²) in [6.07, 6.45) is 0.359. The fraction of sp³-hybridized carbons (Fsp3) is 0. The number of aldehydes is 1. The van der Waals surface area contributed by atoms with Crippen LogP contribution in [-0.2, 0) is 0 Å². The number of hydrogen-bond acceptors (Lipinski definition) is 3. The first-order valence-corrected chi connectivity index (χ1v) is 5.44. The van der Waals surface area contributed by atoms with Crippen LogP contribution in [0.25, 0.3) is 0 Å². The molecule has 0 atom stereocenters. The number of halogens is 1. The molecule has 2 aromatic rings. The number of carbonyl (C=O) groups excluding carboxylic acids is 2. The van der Waals surface area contributed by atoms with Crippen LogP contribution in [0.4, 0.5) is 4.39 Å². The van der Waals surface area contributed by atoms with E-state index in [9.17, 15) is 14.0 Å². The number of ether oxygens (including phenoxy) is 1. The van der Waals surface area contributed by atoms with Gasteiger partial charge in [-0.1, -0.05) is 18.2 Å². The smallest absolute Gasteiger partial charge is 0.252 e. The molecule has 0 aliphatic rings. The number of carbonyl (C=O) groups is 2. The van der Waals surface area contributed by atoms with Gasteiger partial charge in [0.2, 0.25) is 0 Å². The van der Waals surface area contributed by atoms with Crippen molar-refractivity contribution in [2.45, 2.75) is 0 Å². The Morgan fingerprint density at radius 2 is 1.79 bits per heavy atom. The van der Waals surface area contributed by atoms with Crippen LogP contribution in [-0.4, -0.2) is 12.2 Å². The maximum atomic E-state index is 13.4. The monoisotopic (exact) mass is 259 g/mol. The Hall–Kier alpha value is -2.69. The van der Waals surface area contributed by atoms with Crippen LogP contribution in [0.3, 0.4) is 0 Å². The van der Waals surface area contributed by atoms with Gasteiger partial charge in [0.1, 0.15) is 17.3 Å². The van der Waals surface area contributed by atoms with Gasteiger partial charge in [-0.15, -0.1) is 0 Å². The van der Waals surface area contributed by atoms with Crippen LogP contribution in [0, 0.1) is 5.82 Å². The first kappa shape index (κ1) is 12.8. The summed E-state index contributed by atoms with van der Waals surface area (Å²) in [6, 6.07) is 10.3. The molecule has 0 saturated carbocycles. The minimum atomic E-state index is -0.691. The summed E-state index contributed by atoms with van der Waals surface area (Å²) >= 11 is 0. The summed E-state index contributed by atoms with van der Waals surface area (Å²) in [5.41, 5.74) is 5.16. The molecule has 96 valence electrons. The van der Waals surface area contributed by atoms with Crippen LogP contribution in [0.15, 0.2) is 42.5 Å². The van der Waals surface area contributed by atoms with Gasteiger partial charge < -0.3 is 10.5 Å². The van der Waals surface area contributed by atoms with Crippen molar-refractivity contribution in [1.82, 2.24) is 0 Å². The topological polar surface area (TPSA) is 69.4 Å². The summed E-state index contributed by atoms with van der Waals surface area (Å²) in [4.78, 5) is 22.1. The largest absolute Gasteiger partial charge is 0.456 e. The number of rotatable bonds is 4. The fourth-order valence-corrected chi connectivity index (χ4v) is 1.60. The molecule has 0 aromatic heterocycles. The summed E-state index contributed by atoms with van der Waals surface area (Å²) < 4.78 is 18.8. The minimum Gasteiger partial charge on any atom is -0.456 e. The van der Waals surface area contributed by atoms with Gasteiger partial charge in [0.05, 0.1) is 11.1 Å². The quantitative estimate of drug-likeness (QED) is 0.858. The standard InChI is InChI=1S/C14H10FNO3/c15-11-5-3-7-13(10(11)8-17)19-12-6-2-1-4-9(12)14(16)18/h1-8H,(H2,16,18). The van der Waals surface area contributed by atoms with Gasteiger partial charge in [0, 0.05) is 0 Å². The normalized spacial score (nSPS) is 9.95. The van der Waals surface area contributed by atoms with Gasteiger partial charge in [-0.05, 0) is 24.3 Å². The molecule has 0 saturated heterocycles. The highest BCUT2D eigenvalue weighted by atomic mass is 19.1. The van der Waals surface area contributed by atoms with Crippen LogP contribution in [0.1, 0.15) is 20.7 Å². The highest BCUT2D eigenvalue weighted by Crippen LogP contribution is 2.28. The van der Waals surface area contributed by atoms with E-state index in [1.54, 1.807) is 12.1 Å². The van der Waals surface area contributed by atoms with E-state index in [2.05, 4.69) is 0 Å². The molecule has 0 bridgehead atoms. The highest BCUT2D eigenvalue weighted by molar-refractivity contribution is 5.95. The van der Waals surface area contributed by atoms with Crippen molar-refractivity contribution < 1.29 is 18.7 Å². The Morgan fingerprint density at radius 1 is 1.11 bits per heavy atom. The van der Waals surface area contributed by atoms with Gasteiger partial charge >= 0.3 is 0 Å². The number of amides is 1. The Balaban J connectivity index is 2.45. The minimum absolute atomic E-state index is 0.0312. The zero-order valence-corrected chi connectivity index (χ0v) is 9.80. The molecule has 0 heterocycles. The van der Waals surface area contributed by atoms with E-state index >= 15 is 0 Å². The maximum Gasteiger partial charge on any atom is 0.252 e. The molecule has 0 fully saturated rings. The lowest BCUT2D eigenvalue weighted by Crippen LogP contribution is -2.12. The lowest BCUT2D eigenvalue weighted by Gasteiger charge is -2.10. The van der Waals surface area contributed by atoms with Gasteiger partial charge in [-0.3, -0.25) is 9.59 Å². The Kier molecular flexibility index (Phi) is 3.56. The predicted octanol–water partition coefficient (Wildman–Crippen LogP) is 2.53. The molecular formula is C14H10FNO3. The zero-order chi connectivity index (χ0) is 13.8. The lowest BCUT2D eigenvalue weighted by molar-refractivity contribution is 0.0998. The molecule has 0 aliphatic heterocycles. The molecular weight excluding hydrogens is 249 g/mol. The number of hydrogen-bond donors (Lipinski definition) is 1. The number of primary amides is 1. The van der Waals surface area contributed by atoms with Crippen molar-refractivity contribution in [3.8, 4) is 11.5 Å². The highest BCUT2D eigenvalue weighted by Gasteiger charge is 2.13. The zero-order valence-electron chi connectivity index (χ0n) is 9.80. The van der Waals surface area contributed by atoms with E-state index in [-0.39, 0.29) is 22.6 Å². The van der Waals surface area contributed by atoms with Crippen LogP contribution >= 0.6 is 0 Å². The van der Waals surface area contributed by atoms with Crippen molar-refractivity contribution in [3.63, 3.8) is 0 Å². The Morgan fingerprint density at radius 3 is 2.47 bits per heavy atom. The van der Waals surface area contributed by atoms with Gasteiger partial charge in [-0.2, -0.15) is 0 Å². The van der Waals surface area contributed by atoms with Gasteiger partial charge in [0.15, 0.2) is 6.29 Å². The molecule has 0 aliphatic carbocycles. The third-order valence-corrected chi connectivity index (χ3v) is 2.50. The molecule has 2 N–H and O–H groups in total. The molecule has 0 spiro atoms. The fourth-order valence-electron chi connectivity index (χ4n) is 1.60. The van der Waals surface area contributed by atoms with Crippen LogP contribution < -0.4 is 10.5 Å². The first-order chi connectivity index (χ1) is 9.13. The van der Waals surface area contributed by atoms with E-state index in [0.717, 1.165) is 6.07 Å². The number of benzene rings is 2. The summed E-state index contributed by atoms with van der Waals surface area (Å²) in [5.74, 6) is -1.16. The Labute approximate surface area is 108 Å². The van der Waals surface area contributed by atoms with Crippen molar-refractivity contribution in [1.29, 1.82) is 0 Å². The third kappa shape index (κ3) is 2.60. The van der Waals surface area contributed by atoms with Crippen LogP contribution in [0.2, 0.25) is 0 Å². The van der Waals surface area contributed by atoms with E-state index in [4.69, 9.17) is 10.5 Å². The molecule has 4 nitrogen and oxygen atoms in total. The molecule has 0 unspecified atom stereocenters. The van der Waals surface area contributed by atoms with Crippen molar-refractivity contribution in [2.75, 3.05) is 0 Å². The Bertz CT molecular complexity index is 640. The van der Waals surface area contributed by atoms with E-state index in [1.807, 2.05) is 0 Å².